The van der Waals surface area contributed by atoms with Gasteiger partial charge in [-0.05, 0) is 40.2 Å². The zero-order chi connectivity index (χ0) is 8.72. The monoisotopic (exact) mass is 169 g/mol. The van der Waals surface area contributed by atoms with Gasteiger partial charge in [0.15, 0.2) is 0 Å². The van der Waals surface area contributed by atoms with Crippen molar-refractivity contribution in [3.63, 3.8) is 0 Å². The molecule has 2 heterocycles. The molecule has 2 heteroatoms. The Hall–Kier alpha value is -0.0800. The van der Waals surface area contributed by atoms with Crippen molar-refractivity contribution in [2.24, 2.45) is 0 Å². The number of hydrogen-bond donors (Lipinski definition) is 0. The Balaban J connectivity index is 2.07. The molecule has 0 spiro atoms. The number of piperidine rings is 1. The first-order valence-electron chi connectivity index (χ1n) is 5.04. The number of ether oxygens (including phenoxy) is 1. The Bertz CT molecular complexity index is 167. The summed E-state index contributed by atoms with van der Waals surface area (Å²) in [5.74, 6) is 0. The van der Waals surface area contributed by atoms with Crippen LogP contribution in [-0.2, 0) is 4.74 Å². The predicted molar refractivity (Wildman–Crippen MR) is 49.2 cm³/mol. The van der Waals surface area contributed by atoms with Crippen molar-refractivity contribution in [2.75, 3.05) is 7.05 Å². The van der Waals surface area contributed by atoms with Gasteiger partial charge < -0.3 is 9.64 Å². The van der Waals surface area contributed by atoms with Crippen LogP contribution in [0.5, 0.6) is 0 Å². The Morgan fingerprint density at radius 2 is 1.92 bits per heavy atom. The molecular weight excluding hydrogens is 150 g/mol. The van der Waals surface area contributed by atoms with Gasteiger partial charge >= 0.3 is 0 Å². The molecule has 2 saturated heterocycles. The van der Waals surface area contributed by atoms with Gasteiger partial charge in [0.25, 0.3) is 0 Å². The second-order valence-corrected chi connectivity index (χ2v) is 4.44. The normalized spacial score (nSPS) is 49.2. The van der Waals surface area contributed by atoms with Crippen LogP contribution in [0.3, 0.4) is 0 Å². The van der Waals surface area contributed by atoms with Gasteiger partial charge in [-0.3, -0.25) is 0 Å². The minimum absolute atomic E-state index is 0.476. The summed E-state index contributed by atoms with van der Waals surface area (Å²) in [5, 5.41) is 0. The van der Waals surface area contributed by atoms with Crippen molar-refractivity contribution in [3.05, 3.63) is 0 Å². The highest BCUT2D eigenvalue weighted by atomic mass is 16.5. The summed E-state index contributed by atoms with van der Waals surface area (Å²) in [7, 11) is 2.25. The van der Waals surface area contributed by atoms with Gasteiger partial charge in [-0.2, -0.15) is 0 Å². The highest BCUT2D eigenvalue weighted by Crippen LogP contribution is 2.32. The van der Waals surface area contributed by atoms with Crippen LogP contribution >= 0.6 is 0 Å². The topological polar surface area (TPSA) is 12.5 Å². The summed E-state index contributed by atoms with van der Waals surface area (Å²) in [4.78, 5) is 2.52. The molecule has 2 fully saturated rings. The van der Waals surface area contributed by atoms with Gasteiger partial charge in [-0.25, -0.2) is 0 Å². The largest absolute Gasteiger partial charge is 0.375 e. The van der Waals surface area contributed by atoms with Crippen molar-refractivity contribution in [2.45, 2.75) is 57.4 Å². The summed E-state index contributed by atoms with van der Waals surface area (Å²) in [6.07, 6.45) is 4.72. The quantitative estimate of drug-likeness (QED) is 0.546. The van der Waals surface area contributed by atoms with E-state index >= 15 is 0 Å². The molecule has 0 aromatic heterocycles. The van der Waals surface area contributed by atoms with Crippen molar-refractivity contribution < 1.29 is 4.74 Å². The second-order valence-electron chi connectivity index (χ2n) is 4.44. The van der Waals surface area contributed by atoms with Crippen LogP contribution in [0.4, 0.5) is 0 Å². The maximum atomic E-state index is 5.85. The SMILES string of the molecule is CC1CC2CC(CC(C)N2C)O1. The molecule has 0 saturated carbocycles. The molecule has 4 atom stereocenters. The highest BCUT2D eigenvalue weighted by Gasteiger charge is 2.36. The predicted octanol–water partition coefficient (Wildman–Crippen LogP) is 1.65. The molecule has 2 aliphatic rings. The van der Waals surface area contributed by atoms with E-state index in [0.29, 0.717) is 18.2 Å². The Morgan fingerprint density at radius 1 is 1.17 bits per heavy atom. The summed E-state index contributed by atoms with van der Waals surface area (Å²) in [6.45, 7) is 4.50. The van der Waals surface area contributed by atoms with Crippen LogP contribution < -0.4 is 0 Å². The van der Waals surface area contributed by atoms with Crippen LogP contribution in [0.1, 0.15) is 33.1 Å². The van der Waals surface area contributed by atoms with Gasteiger partial charge in [-0.15, -0.1) is 0 Å². The van der Waals surface area contributed by atoms with Crippen molar-refractivity contribution in [3.8, 4) is 0 Å². The first-order valence-corrected chi connectivity index (χ1v) is 5.04. The molecule has 0 aliphatic carbocycles. The molecule has 0 aromatic rings. The van der Waals surface area contributed by atoms with E-state index < -0.39 is 0 Å². The standard InChI is InChI=1S/C10H19NO/c1-7-4-10-6-9(11(7)3)5-8(2)12-10/h7-10H,4-6H2,1-3H3. The third kappa shape index (κ3) is 1.38. The van der Waals surface area contributed by atoms with E-state index in [1.165, 1.54) is 19.3 Å². The molecule has 4 unspecified atom stereocenters. The lowest BCUT2D eigenvalue weighted by Gasteiger charge is -2.47. The first kappa shape index (κ1) is 8.52. The number of likely N-dealkylation sites (tertiary alicyclic amines) is 1. The second kappa shape index (κ2) is 3.00. The molecule has 0 aromatic carbocycles. The molecule has 2 bridgehead atoms. The summed E-state index contributed by atoms with van der Waals surface area (Å²) >= 11 is 0. The molecule has 2 aliphatic heterocycles. The van der Waals surface area contributed by atoms with Gasteiger partial charge in [-0.1, -0.05) is 0 Å². The molecule has 2 nitrogen and oxygen atoms in total. The summed E-state index contributed by atoms with van der Waals surface area (Å²) in [6, 6.07) is 1.49. The summed E-state index contributed by atoms with van der Waals surface area (Å²) in [5.41, 5.74) is 0. The fraction of sp³-hybridized carbons (Fsp3) is 1.00. The van der Waals surface area contributed by atoms with Crippen LogP contribution in [0, 0.1) is 0 Å². The Morgan fingerprint density at radius 3 is 2.67 bits per heavy atom. The van der Waals surface area contributed by atoms with Crippen LogP contribution in [0.2, 0.25) is 0 Å². The van der Waals surface area contributed by atoms with E-state index in [0.717, 1.165) is 6.04 Å². The van der Waals surface area contributed by atoms with Crippen molar-refractivity contribution >= 4 is 0 Å². The molecule has 12 heavy (non-hydrogen) atoms. The third-order valence-electron chi connectivity index (χ3n) is 3.44. The molecule has 2 rings (SSSR count). The van der Waals surface area contributed by atoms with Crippen LogP contribution in [-0.4, -0.2) is 36.2 Å². The fourth-order valence-corrected chi connectivity index (χ4v) is 2.61. The van der Waals surface area contributed by atoms with Gasteiger partial charge in [0.1, 0.15) is 0 Å². The van der Waals surface area contributed by atoms with Gasteiger partial charge in [0.2, 0.25) is 0 Å². The molecular formula is C10H19NO. The van der Waals surface area contributed by atoms with Crippen LogP contribution in [0.25, 0.3) is 0 Å². The zero-order valence-electron chi connectivity index (χ0n) is 8.29. The zero-order valence-corrected chi connectivity index (χ0v) is 8.29. The minimum Gasteiger partial charge on any atom is -0.375 e. The third-order valence-corrected chi connectivity index (χ3v) is 3.44. The average Bonchev–Trinajstić information content (AvgIpc) is 1.99. The van der Waals surface area contributed by atoms with Gasteiger partial charge in [0, 0.05) is 12.1 Å². The van der Waals surface area contributed by atoms with Gasteiger partial charge in [0.05, 0.1) is 12.2 Å². The molecule has 0 amide bonds. The first-order chi connectivity index (χ1) is 5.66. The fourth-order valence-electron chi connectivity index (χ4n) is 2.61. The number of nitrogens with zero attached hydrogens (tertiary/aromatic N) is 1. The number of hydrogen-bond acceptors (Lipinski definition) is 2. The molecule has 70 valence electrons. The van der Waals surface area contributed by atoms with Crippen molar-refractivity contribution in [1.82, 2.24) is 4.90 Å². The van der Waals surface area contributed by atoms with E-state index in [2.05, 4.69) is 25.8 Å². The lowest BCUT2D eigenvalue weighted by atomic mass is 9.88. The Kier molecular flexibility index (Phi) is 2.13. The maximum absolute atomic E-state index is 5.85. The van der Waals surface area contributed by atoms with E-state index in [9.17, 15) is 0 Å². The van der Waals surface area contributed by atoms with E-state index in [4.69, 9.17) is 4.74 Å². The van der Waals surface area contributed by atoms with Crippen LogP contribution in [0.15, 0.2) is 0 Å². The average molecular weight is 169 g/mol. The lowest BCUT2D eigenvalue weighted by molar-refractivity contribution is -0.114. The minimum atomic E-state index is 0.476. The van der Waals surface area contributed by atoms with Crippen molar-refractivity contribution in [1.29, 1.82) is 0 Å². The summed E-state index contributed by atoms with van der Waals surface area (Å²) < 4.78 is 5.85. The maximum Gasteiger partial charge on any atom is 0.0608 e. The number of fused-ring (bicyclic) bond motifs is 2. The van der Waals surface area contributed by atoms with E-state index in [-0.39, 0.29) is 0 Å². The van der Waals surface area contributed by atoms with E-state index in [1.807, 2.05) is 0 Å². The smallest absolute Gasteiger partial charge is 0.0608 e. The van der Waals surface area contributed by atoms with E-state index in [1.54, 1.807) is 0 Å². The number of rotatable bonds is 0. The highest BCUT2D eigenvalue weighted by molar-refractivity contribution is 4.90. The lowest BCUT2D eigenvalue weighted by Crippen LogP contribution is -2.53. The molecule has 0 N–H and O–H groups in total. The molecule has 0 radical (unpaired) electrons. The Labute approximate surface area is 74.9 Å².